The van der Waals surface area contributed by atoms with Crippen molar-refractivity contribution in [3.8, 4) is 0 Å². The van der Waals surface area contributed by atoms with Crippen molar-refractivity contribution in [3.05, 3.63) is 30.1 Å². The molecule has 1 aliphatic carbocycles. The van der Waals surface area contributed by atoms with E-state index < -0.39 is 0 Å². The van der Waals surface area contributed by atoms with E-state index in [1.54, 1.807) is 6.20 Å². The van der Waals surface area contributed by atoms with Crippen molar-refractivity contribution < 1.29 is 5.11 Å². The van der Waals surface area contributed by atoms with Crippen molar-refractivity contribution in [2.24, 2.45) is 11.1 Å². The van der Waals surface area contributed by atoms with E-state index in [0.29, 0.717) is 6.54 Å². The third-order valence-electron chi connectivity index (χ3n) is 3.66. The average Bonchev–Trinajstić information content (AvgIpc) is 2.88. The van der Waals surface area contributed by atoms with Crippen LogP contribution in [0.2, 0.25) is 0 Å². The van der Waals surface area contributed by atoms with E-state index in [1.807, 2.05) is 18.2 Å². The van der Waals surface area contributed by atoms with E-state index in [2.05, 4.69) is 11.9 Å². The largest absolute Gasteiger partial charge is 0.396 e. The lowest BCUT2D eigenvalue weighted by Crippen LogP contribution is -2.28. The summed E-state index contributed by atoms with van der Waals surface area (Å²) in [6.07, 6.45) is 2.72. The number of nitrogens with two attached hydrogens (primary N) is 1. The number of aliphatic hydroxyl groups excluding tert-OH is 1. The predicted molar refractivity (Wildman–Crippen MR) is 54.8 cm³/mol. The topological polar surface area (TPSA) is 59.1 Å². The number of nitrogens with zero attached hydrogens (tertiary/aromatic N) is 1. The number of pyridine rings is 1. The third-order valence-corrected chi connectivity index (χ3v) is 3.66. The molecule has 0 spiro atoms. The van der Waals surface area contributed by atoms with Gasteiger partial charge in [-0.3, -0.25) is 4.98 Å². The number of hydrogen-bond donors (Lipinski definition) is 2. The summed E-state index contributed by atoms with van der Waals surface area (Å²) in [6, 6.07) is 5.88. The predicted octanol–water partition coefficient (Wildman–Crippen LogP) is 0.680. The molecule has 0 saturated heterocycles. The van der Waals surface area contributed by atoms with Crippen LogP contribution in [0.3, 0.4) is 0 Å². The first-order chi connectivity index (χ1) is 6.68. The molecule has 3 nitrogen and oxygen atoms in total. The zero-order valence-electron chi connectivity index (χ0n) is 8.40. The minimum atomic E-state index is -0.138. The minimum absolute atomic E-state index is 0.0300. The Bertz CT molecular complexity index is 321. The molecule has 2 unspecified atom stereocenters. The molecule has 3 heteroatoms. The van der Waals surface area contributed by atoms with Crippen LogP contribution < -0.4 is 5.73 Å². The molecular weight excluding hydrogens is 176 g/mol. The molecule has 2 atom stereocenters. The van der Waals surface area contributed by atoms with Crippen molar-refractivity contribution in [2.45, 2.75) is 18.8 Å². The molecule has 76 valence electrons. The summed E-state index contributed by atoms with van der Waals surface area (Å²) in [5.41, 5.74) is 6.58. The fourth-order valence-electron chi connectivity index (χ4n) is 2.28. The lowest BCUT2D eigenvalue weighted by Gasteiger charge is -2.18. The summed E-state index contributed by atoms with van der Waals surface area (Å²) in [4.78, 5) is 4.34. The summed E-state index contributed by atoms with van der Waals surface area (Å²) in [6.45, 7) is 2.80. The number of aromatic nitrogens is 1. The van der Waals surface area contributed by atoms with E-state index in [-0.39, 0.29) is 17.4 Å². The molecule has 0 amide bonds. The molecule has 0 radical (unpaired) electrons. The highest BCUT2D eigenvalue weighted by atomic mass is 16.3. The first kappa shape index (κ1) is 9.62. The van der Waals surface area contributed by atoms with Gasteiger partial charge in [0, 0.05) is 29.3 Å². The molecule has 0 aliphatic heterocycles. The zero-order valence-corrected chi connectivity index (χ0v) is 8.40. The highest BCUT2D eigenvalue weighted by Gasteiger charge is 2.64. The summed E-state index contributed by atoms with van der Waals surface area (Å²) in [5.74, 6) is 0. The molecule has 14 heavy (non-hydrogen) atoms. The van der Waals surface area contributed by atoms with Gasteiger partial charge in [-0.15, -0.1) is 0 Å². The Morgan fingerprint density at radius 2 is 2.36 bits per heavy atom. The van der Waals surface area contributed by atoms with Gasteiger partial charge in [0.25, 0.3) is 0 Å². The summed E-state index contributed by atoms with van der Waals surface area (Å²) in [7, 11) is 0. The second-order valence-electron chi connectivity index (χ2n) is 4.37. The van der Waals surface area contributed by atoms with Crippen LogP contribution in [0.5, 0.6) is 0 Å². The average molecular weight is 192 g/mol. The van der Waals surface area contributed by atoms with E-state index in [9.17, 15) is 5.11 Å². The maximum atomic E-state index is 9.35. The molecule has 1 heterocycles. The first-order valence-electron chi connectivity index (χ1n) is 4.91. The van der Waals surface area contributed by atoms with Crippen molar-refractivity contribution >= 4 is 0 Å². The van der Waals surface area contributed by atoms with E-state index >= 15 is 0 Å². The molecule has 1 fully saturated rings. The number of aliphatic hydroxyl groups is 1. The molecule has 0 aromatic carbocycles. The van der Waals surface area contributed by atoms with Gasteiger partial charge in [0.2, 0.25) is 0 Å². The van der Waals surface area contributed by atoms with Crippen LogP contribution in [-0.4, -0.2) is 23.2 Å². The molecule has 1 aromatic heterocycles. The second kappa shape index (κ2) is 3.04. The van der Waals surface area contributed by atoms with Gasteiger partial charge in [-0.2, -0.15) is 0 Å². The van der Waals surface area contributed by atoms with Gasteiger partial charge in [-0.05, 0) is 18.6 Å². The molecule has 1 saturated carbocycles. The van der Waals surface area contributed by atoms with Crippen molar-refractivity contribution in [2.75, 3.05) is 13.2 Å². The summed E-state index contributed by atoms with van der Waals surface area (Å²) < 4.78 is 0. The Balaban J connectivity index is 2.30. The Morgan fingerprint density at radius 1 is 1.57 bits per heavy atom. The van der Waals surface area contributed by atoms with E-state index in [4.69, 9.17) is 5.73 Å². The highest BCUT2D eigenvalue weighted by Crippen LogP contribution is 2.62. The van der Waals surface area contributed by atoms with Gasteiger partial charge in [-0.25, -0.2) is 0 Å². The quantitative estimate of drug-likeness (QED) is 0.740. The summed E-state index contributed by atoms with van der Waals surface area (Å²) >= 11 is 0. The van der Waals surface area contributed by atoms with Gasteiger partial charge >= 0.3 is 0 Å². The van der Waals surface area contributed by atoms with E-state index in [0.717, 1.165) is 12.1 Å². The Hall–Kier alpha value is -0.930. The van der Waals surface area contributed by atoms with Crippen LogP contribution in [-0.2, 0) is 5.41 Å². The SMILES string of the molecule is CC1(c2ccccn2)CC1(CN)CO. The normalized spacial score (nSPS) is 35.6. The van der Waals surface area contributed by atoms with Crippen molar-refractivity contribution in [1.82, 2.24) is 4.98 Å². The molecule has 1 aromatic rings. The van der Waals surface area contributed by atoms with Crippen LogP contribution in [0, 0.1) is 5.41 Å². The Labute approximate surface area is 84.0 Å². The lowest BCUT2D eigenvalue weighted by atomic mass is 9.91. The molecule has 0 bridgehead atoms. The summed E-state index contributed by atoms with van der Waals surface area (Å²) in [5, 5.41) is 9.35. The van der Waals surface area contributed by atoms with Crippen molar-refractivity contribution in [3.63, 3.8) is 0 Å². The molecule has 1 aliphatic rings. The van der Waals surface area contributed by atoms with Crippen LogP contribution in [0.15, 0.2) is 24.4 Å². The maximum Gasteiger partial charge on any atom is 0.0508 e. The van der Waals surface area contributed by atoms with Gasteiger partial charge < -0.3 is 10.8 Å². The molecule has 2 rings (SSSR count). The van der Waals surface area contributed by atoms with Crippen LogP contribution in [0.25, 0.3) is 0 Å². The van der Waals surface area contributed by atoms with Crippen LogP contribution in [0.1, 0.15) is 19.0 Å². The molecular formula is C11H16N2O. The highest BCUT2D eigenvalue weighted by molar-refractivity contribution is 5.32. The molecule has 3 N–H and O–H groups in total. The Morgan fingerprint density at radius 3 is 2.79 bits per heavy atom. The fourth-order valence-corrected chi connectivity index (χ4v) is 2.28. The standard InChI is InChI=1S/C11H16N2O/c1-10(6-11(10,7-12)8-14)9-4-2-3-5-13-9/h2-5,14H,6-8,12H2,1H3. The van der Waals surface area contributed by atoms with E-state index in [1.165, 1.54) is 0 Å². The fraction of sp³-hybridized carbons (Fsp3) is 0.545. The lowest BCUT2D eigenvalue weighted by molar-refractivity contribution is 0.197. The Kier molecular flexibility index (Phi) is 2.09. The number of rotatable bonds is 3. The number of hydrogen-bond acceptors (Lipinski definition) is 3. The minimum Gasteiger partial charge on any atom is -0.396 e. The first-order valence-corrected chi connectivity index (χ1v) is 4.91. The van der Waals surface area contributed by atoms with Crippen LogP contribution in [0.4, 0.5) is 0 Å². The monoisotopic (exact) mass is 192 g/mol. The zero-order chi connectivity index (χ0) is 10.2. The maximum absolute atomic E-state index is 9.35. The van der Waals surface area contributed by atoms with Gasteiger partial charge in [0.05, 0.1) is 6.61 Å². The smallest absolute Gasteiger partial charge is 0.0508 e. The van der Waals surface area contributed by atoms with Crippen LogP contribution >= 0.6 is 0 Å². The second-order valence-corrected chi connectivity index (χ2v) is 4.37. The van der Waals surface area contributed by atoms with Gasteiger partial charge in [-0.1, -0.05) is 13.0 Å². The van der Waals surface area contributed by atoms with Gasteiger partial charge in [0.15, 0.2) is 0 Å². The van der Waals surface area contributed by atoms with Crippen molar-refractivity contribution in [1.29, 1.82) is 0 Å². The van der Waals surface area contributed by atoms with Gasteiger partial charge in [0.1, 0.15) is 0 Å². The third kappa shape index (κ3) is 1.09.